The average Bonchev–Trinajstić information content (AvgIpc) is 2.70. The van der Waals surface area contributed by atoms with Gasteiger partial charge in [0.15, 0.2) is 0 Å². The first-order valence-corrected chi connectivity index (χ1v) is 6.89. The molecule has 1 fully saturated rings. The Morgan fingerprint density at radius 2 is 2.06 bits per heavy atom. The molecule has 0 radical (unpaired) electrons. The molecular formula is C15H22O3. The zero-order chi connectivity index (χ0) is 13.1. The van der Waals surface area contributed by atoms with Gasteiger partial charge in [0.05, 0.1) is 18.5 Å². The van der Waals surface area contributed by atoms with E-state index in [9.17, 15) is 10.2 Å². The second kappa shape index (κ2) is 3.84. The van der Waals surface area contributed by atoms with Gasteiger partial charge in [-0.1, -0.05) is 13.8 Å². The van der Waals surface area contributed by atoms with Gasteiger partial charge in [-0.15, -0.1) is 0 Å². The van der Waals surface area contributed by atoms with Crippen molar-refractivity contribution in [2.24, 2.45) is 17.3 Å². The van der Waals surface area contributed by atoms with E-state index in [-0.39, 0.29) is 17.4 Å². The van der Waals surface area contributed by atoms with Gasteiger partial charge in [0, 0.05) is 17.4 Å². The molecule has 0 aromatic carbocycles. The number of fused-ring (bicyclic) bond motifs is 2. The minimum absolute atomic E-state index is 0.119. The van der Waals surface area contributed by atoms with Crippen LogP contribution in [0.25, 0.3) is 0 Å². The van der Waals surface area contributed by atoms with E-state index in [1.165, 1.54) is 0 Å². The molecule has 0 unspecified atom stereocenters. The number of hydrogen-bond acceptors (Lipinski definition) is 3. The average molecular weight is 250 g/mol. The summed E-state index contributed by atoms with van der Waals surface area (Å²) >= 11 is 0. The molecule has 1 aromatic heterocycles. The molecule has 2 aliphatic rings. The molecule has 2 aliphatic carbocycles. The summed E-state index contributed by atoms with van der Waals surface area (Å²) in [5.74, 6) is 1.48. The lowest BCUT2D eigenvalue weighted by Crippen LogP contribution is -2.51. The number of aliphatic hydroxyl groups is 2. The summed E-state index contributed by atoms with van der Waals surface area (Å²) in [6.45, 7) is 6.18. The highest BCUT2D eigenvalue weighted by atomic mass is 16.3. The summed E-state index contributed by atoms with van der Waals surface area (Å²) in [5, 5.41) is 20.9. The first-order chi connectivity index (χ1) is 8.46. The van der Waals surface area contributed by atoms with E-state index < -0.39 is 6.10 Å². The molecule has 3 nitrogen and oxygen atoms in total. The third-order valence-corrected chi connectivity index (χ3v) is 5.65. The van der Waals surface area contributed by atoms with Crippen LogP contribution in [-0.4, -0.2) is 16.3 Å². The van der Waals surface area contributed by atoms with Crippen LogP contribution in [0.4, 0.5) is 0 Å². The normalized spacial score (nSPS) is 43.4. The van der Waals surface area contributed by atoms with Crippen LogP contribution >= 0.6 is 0 Å². The molecule has 3 rings (SSSR count). The van der Waals surface area contributed by atoms with Crippen molar-refractivity contribution in [2.75, 3.05) is 0 Å². The third kappa shape index (κ3) is 1.38. The van der Waals surface area contributed by atoms with Crippen molar-refractivity contribution < 1.29 is 14.6 Å². The van der Waals surface area contributed by atoms with E-state index in [2.05, 4.69) is 13.8 Å². The second-order valence-corrected chi connectivity index (χ2v) is 6.36. The summed E-state index contributed by atoms with van der Waals surface area (Å²) in [6, 6.07) is 0. The molecule has 18 heavy (non-hydrogen) atoms. The van der Waals surface area contributed by atoms with Crippen molar-refractivity contribution in [2.45, 2.75) is 52.2 Å². The summed E-state index contributed by atoms with van der Waals surface area (Å²) in [5.41, 5.74) is 1.76. The summed E-state index contributed by atoms with van der Waals surface area (Å²) in [6.07, 6.45) is 3.63. The fourth-order valence-electron chi connectivity index (χ4n) is 4.08. The van der Waals surface area contributed by atoms with Crippen LogP contribution in [0.15, 0.2) is 10.7 Å². The van der Waals surface area contributed by atoms with E-state index in [0.29, 0.717) is 5.92 Å². The third-order valence-electron chi connectivity index (χ3n) is 5.65. The second-order valence-electron chi connectivity index (χ2n) is 6.36. The van der Waals surface area contributed by atoms with Crippen LogP contribution in [0, 0.1) is 24.2 Å². The van der Waals surface area contributed by atoms with Crippen molar-refractivity contribution in [3.8, 4) is 0 Å². The van der Waals surface area contributed by atoms with E-state index in [0.717, 1.165) is 36.1 Å². The van der Waals surface area contributed by atoms with Gasteiger partial charge in [0.1, 0.15) is 5.76 Å². The monoisotopic (exact) mass is 250 g/mol. The van der Waals surface area contributed by atoms with Gasteiger partial charge in [0.25, 0.3) is 0 Å². The number of aliphatic hydroxyl groups excluding tert-OH is 2. The summed E-state index contributed by atoms with van der Waals surface area (Å²) < 4.78 is 5.59. The summed E-state index contributed by atoms with van der Waals surface area (Å²) in [4.78, 5) is 0. The molecule has 1 aromatic rings. The van der Waals surface area contributed by atoms with Gasteiger partial charge >= 0.3 is 0 Å². The minimum atomic E-state index is -0.519. The van der Waals surface area contributed by atoms with Crippen LogP contribution < -0.4 is 0 Å². The maximum absolute atomic E-state index is 10.8. The molecule has 1 heterocycles. The van der Waals surface area contributed by atoms with Gasteiger partial charge < -0.3 is 14.6 Å². The number of rotatable bonds is 0. The fourth-order valence-corrected chi connectivity index (χ4v) is 4.08. The molecule has 0 bridgehead atoms. The number of furan rings is 1. The molecule has 3 heteroatoms. The van der Waals surface area contributed by atoms with Gasteiger partial charge in [-0.2, -0.15) is 0 Å². The maximum atomic E-state index is 10.8. The van der Waals surface area contributed by atoms with Crippen molar-refractivity contribution in [1.29, 1.82) is 0 Å². The van der Waals surface area contributed by atoms with E-state index in [1.807, 2.05) is 6.92 Å². The van der Waals surface area contributed by atoms with Crippen LogP contribution in [0.3, 0.4) is 0 Å². The van der Waals surface area contributed by atoms with Crippen molar-refractivity contribution in [1.82, 2.24) is 0 Å². The molecule has 2 N–H and O–H groups in total. The highest BCUT2D eigenvalue weighted by Gasteiger charge is 2.54. The molecule has 1 saturated carbocycles. The highest BCUT2D eigenvalue weighted by Crippen LogP contribution is 2.57. The predicted molar refractivity (Wildman–Crippen MR) is 68.1 cm³/mol. The fraction of sp³-hybridized carbons (Fsp3) is 0.733. The lowest BCUT2D eigenvalue weighted by molar-refractivity contribution is -0.128. The highest BCUT2D eigenvalue weighted by molar-refractivity contribution is 5.34. The van der Waals surface area contributed by atoms with Gasteiger partial charge in [-0.3, -0.25) is 0 Å². The number of aryl methyl sites for hydroxylation is 1. The van der Waals surface area contributed by atoms with Crippen LogP contribution in [0.5, 0.6) is 0 Å². The smallest absolute Gasteiger partial charge is 0.110 e. The van der Waals surface area contributed by atoms with E-state index in [4.69, 9.17) is 4.42 Å². The molecular weight excluding hydrogens is 228 g/mol. The molecule has 5 atom stereocenters. The molecule has 0 aliphatic heterocycles. The summed E-state index contributed by atoms with van der Waals surface area (Å²) in [7, 11) is 0. The Bertz CT molecular complexity index is 464. The standard InChI is InChI=1S/C15H22O3/c1-8-7-18-12-6-10-4-5-11(16)9(2)15(10,3)14(17)13(8)12/h7,9-11,14,16-17H,4-6H2,1-3H3/t9-,10+,11+,14+,15-/m0/s1. The van der Waals surface area contributed by atoms with Crippen LogP contribution in [-0.2, 0) is 6.42 Å². The largest absolute Gasteiger partial charge is 0.469 e. The Balaban J connectivity index is 2.09. The zero-order valence-corrected chi connectivity index (χ0v) is 11.3. The molecule has 100 valence electrons. The lowest BCUT2D eigenvalue weighted by Gasteiger charge is -2.53. The van der Waals surface area contributed by atoms with E-state index in [1.54, 1.807) is 6.26 Å². The Morgan fingerprint density at radius 1 is 1.33 bits per heavy atom. The molecule has 0 amide bonds. The Kier molecular flexibility index (Phi) is 2.62. The Morgan fingerprint density at radius 3 is 2.78 bits per heavy atom. The zero-order valence-electron chi connectivity index (χ0n) is 11.3. The Labute approximate surface area is 108 Å². The van der Waals surface area contributed by atoms with Crippen LogP contribution in [0.2, 0.25) is 0 Å². The first kappa shape index (κ1) is 12.2. The Hall–Kier alpha value is -0.800. The van der Waals surface area contributed by atoms with Crippen molar-refractivity contribution in [3.05, 3.63) is 23.2 Å². The predicted octanol–water partition coefficient (Wildman–Crippen LogP) is 2.59. The van der Waals surface area contributed by atoms with Gasteiger partial charge in [-0.25, -0.2) is 0 Å². The lowest BCUT2D eigenvalue weighted by atomic mass is 9.53. The van der Waals surface area contributed by atoms with Gasteiger partial charge in [0.2, 0.25) is 0 Å². The minimum Gasteiger partial charge on any atom is -0.469 e. The maximum Gasteiger partial charge on any atom is 0.110 e. The quantitative estimate of drug-likeness (QED) is 0.744. The van der Waals surface area contributed by atoms with Crippen molar-refractivity contribution in [3.63, 3.8) is 0 Å². The molecule has 0 saturated heterocycles. The number of hydrogen-bond donors (Lipinski definition) is 2. The SMILES string of the molecule is Cc1coc2c1[C@@H](O)[C@]1(C)[C@H](CC[C@@H](O)[C@@H]1C)C2. The topological polar surface area (TPSA) is 53.6 Å². The first-order valence-electron chi connectivity index (χ1n) is 6.89. The van der Waals surface area contributed by atoms with Crippen molar-refractivity contribution >= 4 is 0 Å². The van der Waals surface area contributed by atoms with Crippen LogP contribution in [0.1, 0.15) is 49.7 Å². The van der Waals surface area contributed by atoms with E-state index >= 15 is 0 Å². The van der Waals surface area contributed by atoms with Gasteiger partial charge in [-0.05, 0) is 37.2 Å². The molecule has 0 spiro atoms.